The van der Waals surface area contributed by atoms with Gasteiger partial charge in [0.1, 0.15) is 0 Å². The SMILES string of the molecule is O=S(=O)(NC1=NCN(CC2CCCO2)CN1)c1ccc(Cl)cc1. The standard InChI is InChI=1S/C14H19ClN4O3S/c15-11-3-5-13(6-4-11)23(20,21)18-14-16-9-19(10-17-14)8-12-2-1-7-22-12/h3-6,12H,1-2,7-10H2,(H2,16,17,18). The fourth-order valence-electron chi connectivity index (χ4n) is 2.53. The first-order chi connectivity index (χ1) is 11.0. The molecule has 0 aliphatic carbocycles. The molecule has 1 aromatic carbocycles. The van der Waals surface area contributed by atoms with E-state index in [-0.39, 0.29) is 17.0 Å². The minimum absolute atomic E-state index is 0.146. The summed E-state index contributed by atoms with van der Waals surface area (Å²) in [6.45, 7) is 2.59. The van der Waals surface area contributed by atoms with E-state index in [0.29, 0.717) is 18.4 Å². The van der Waals surface area contributed by atoms with Crippen LogP contribution in [-0.4, -0.2) is 51.9 Å². The van der Waals surface area contributed by atoms with Crippen LogP contribution in [0.3, 0.4) is 0 Å². The molecule has 0 amide bonds. The van der Waals surface area contributed by atoms with E-state index in [1.807, 2.05) is 0 Å². The molecule has 0 bridgehead atoms. The highest BCUT2D eigenvalue weighted by molar-refractivity contribution is 7.90. The monoisotopic (exact) mass is 358 g/mol. The van der Waals surface area contributed by atoms with Gasteiger partial charge in [0.05, 0.1) is 24.3 Å². The summed E-state index contributed by atoms with van der Waals surface area (Å²) in [5.41, 5.74) is 0. The molecule has 0 aromatic heterocycles. The fraction of sp³-hybridized carbons (Fsp3) is 0.500. The Morgan fingerprint density at radius 3 is 2.78 bits per heavy atom. The number of nitrogens with zero attached hydrogens (tertiary/aromatic N) is 2. The minimum Gasteiger partial charge on any atom is -0.377 e. The zero-order valence-electron chi connectivity index (χ0n) is 12.5. The van der Waals surface area contributed by atoms with Gasteiger partial charge in [0, 0.05) is 18.2 Å². The van der Waals surface area contributed by atoms with Crippen LogP contribution in [0.4, 0.5) is 0 Å². The van der Waals surface area contributed by atoms with Crippen molar-refractivity contribution in [3.8, 4) is 0 Å². The summed E-state index contributed by atoms with van der Waals surface area (Å²) in [5, 5.41) is 3.47. The quantitative estimate of drug-likeness (QED) is 0.838. The molecule has 3 rings (SSSR count). The smallest absolute Gasteiger partial charge is 0.264 e. The van der Waals surface area contributed by atoms with Gasteiger partial charge in [-0.1, -0.05) is 11.6 Å². The largest absolute Gasteiger partial charge is 0.377 e. The van der Waals surface area contributed by atoms with Crippen molar-refractivity contribution in [2.24, 2.45) is 4.99 Å². The number of sulfonamides is 1. The molecule has 0 radical (unpaired) electrons. The van der Waals surface area contributed by atoms with Gasteiger partial charge in [-0.05, 0) is 37.1 Å². The highest BCUT2D eigenvalue weighted by Crippen LogP contribution is 2.15. The molecule has 126 valence electrons. The molecule has 1 fully saturated rings. The van der Waals surface area contributed by atoms with Crippen molar-refractivity contribution in [2.45, 2.75) is 23.8 Å². The Hall–Kier alpha value is -1.35. The van der Waals surface area contributed by atoms with E-state index in [2.05, 4.69) is 19.9 Å². The summed E-state index contributed by atoms with van der Waals surface area (Å²) in [7, 11) is -3.66. The van der Waals surface area contributed by atoms with Gasteiger partial charge in [-0.2, -0.15) is 0 Å². The lowest BCUT2D eigenvalue weighted by Crippen LogP contribution is -2.51. The Morgan fingerprint density at radius 2 is 2.17 bits per heavy atom. The third-order valence-electron chi connectivity index (χ3n) is 3.74. The van der Waals surface area contributed by atoms with Crippen LogP contribution in [0.1, 0.15) is 12.8 Å². The third-order valence-corrected chi connectivity index (χ3v) is 5.35. The summed E-state index contributed by atoms with van der Waals surface area (Å²) in [6, 6.07) is 5.99. The van der Waals surface area contributed by atoms with E-state index in [1.165, 1.54) is 24.3 Å². The lowest BCUT2D eigenvalue weighted by atomic mass is 10.2. The number of rotatable bonds is 4. The Kier molecular flexibility index (Phi) is 5.05. The van der Waals surface area contributed by atoms with Crippen LogP contribution in [0.5, 0.6) is 0 Å². The van der Waals surface area contributed by atoms with E-state index in [1.54, 1.807) is 0 Å². The second kappa shape index (κ2) is 7.04. The second-order valence-corrected chi connectivity index (χ2v) is 7.65. The topological polar surface area (TPSA) is 83.0 Å². The molecule has 0 spiro atoms. The van der Waals surface area contributed by atoms with Gasteiger partial charge in [-0.15, -0.1) is 0 Å². The summed E-state index contributed by atoms with van der Waals surface area (Å²) >= 11 is 5.77. The van der Waals surface area contributed by atoms with Gasteiger partial charge in [0.15, 0.2) is 0 Å². The van der Waals surface area contributed by atoms with Crippen molar-refractivity contribution in [1.82, 2.24) is 14.9 Å². The van der Waals surface area contributed by atoms with E-state index in [0.717, 1.165) is 26.0 Å². The van der Waals surface area contributed by atoms with Crippen molar-refractivity contribution in [1.29, 1.82) is 0 Å². The molecule has 9 heteroatoms. The van der Waals surface area contributed by atoms with Crippen molar-refractivity contribution in [3.05, 3.63) is 29.3 Å². The van der Waals surface area contributed by atoms with Crippen molar-refractivity contribution in [3.63, 3.8) is 0 Å². The number of nitrogens with one attached hydrogen (secondary N) is 2. The number of aliphatic imine (C=N–C) groups is 1. The maximum absolute atomic E-state index is 12.3. The predicted molar refractivity (Wildman–Crippen MR) is 87.8 cm³/mol. The molecular formula is C14H19ClN4O3S. The summed E-state index contributed by atoms with van der Waals surface area (Å²) < 4.78 is 32.6. The summed E-state index contributed by atoms with van der Waals surface area (Å²) in [6.07, 6.45) is 2.41. The number of guanidine groups is 1. The molecule has 1 aromatic rings. The first kappa shape index (κ1) is 16.5. The van der Waals surface area contributed by atoms with Gasteiger partial charge in [-0.25, -0.2) is 18.1 Å². The first-order valence-corrected chi connectivity index (χ1v) is 9.30. The molecule has 1 saturated heterocycles. The lowest BCUT2D eigenvalue weighted by Gasteiger charge is -2.28. The highest BCUT2D eigenvalue weighted by Gasteiger charge is 2.23. The normalized spacial score (nSPS) is 22.5. The Morgan fingerprint density at radius 1 is 1.39 bits per heavy atom. The minimum atomic E-state index is -3.66. The van der Waals surface area contributed by atoms with Crippen molar-refractivity contribution >= 4 is 27.6 Å². The summed E-state index contributed by atoms with van der Waals surface area (Å²) in [5.74, 6) is 0.253. The molecule has 0 saturated carbocycles. The molecule has 1 unspecified atom stereocenters. The van der Waals surface area contributed by atoms with Crippen LogP contribution < -0.4 is 10.0 Å². The van der Waals surface area contributed by atoms with Crippen LogP contribution in [0.15, 0.2) is 34.2 Å². The predicted octanol–water partition coefficient (Wildman–Crippen LogP) is 0.974. The Balaban J connectivity index is 1.58. The third kappa shape index (κ3) is 4.35. The van der Waals surface area contributed by atoms with Crippen LogP contribution >= 0.6 is 11.6 Å². The maximum atomic E-state index is 12.3. The zero-order valence-corrected chi connectivity index (χ0v) is 14.1. The Bertz CT molecular complexity index is 672. The van der Waals surface area contributed by atoms with Gasteiger partial charge < -0.3 is 10.1 Å². The average Bonchev–Trinajstić information content (AvgIpc) is 3.02. The molecule has 2 aliphatic heterocycles. The van der Waals surface area contributed by atoms with Gasteiger partial charge in [-0.3, -0.25) is 4.90 Å². The van der Waals surface area contributed by atoms with Gasteiger partial charge >= 0.3 is 0 Å². The highest BCUT2D eigenvalue weighted by atomic mass is 35.5. The summed E-state index contributed by atoms with van der Waals surface area (Å²) in [4.78, 5) is 6.47. The van der Waals surface area contributed by atoms with Crippen LogP contribution in [0.2, 0.25) is 5.02 Å². The van der Waals surface area contributed by atoms with E-state index in [9.17, 15) is 8.42 Å². The van der Waals surface area contributed by atoms with Crippen LogP contribution in [0, 0.1) is 0 Å². The first-order valence-electron chi connectivity index (χ1n) is 7.43. The van der Waals surface area contributed by atoms with E-state index >= 15 is 0 Å². The van der Waals surface area contributed by atoms with Crippen LogP contribution in [0.25, 0.3) is 0 Å². The van der Waals surface area contributed by atoms with Gasteiger partial charge in [0.25, 0.3) is 10.0 Å². The molecule has 2 aliphatic rings. The van der Waals surface area contributed by atoms with E-state index in [4.69, 9.17) is 16.3 Å². The van der Waals surface area contributed by atoms with Crippen LogP contribution in [-0.2, 0) is 14.8 Å². The number of ether oxygens (including phenoxy) is 1. The molecule has 1 atom stereocenters. The zero-order chi connectivity index (χ0) is 16.3. The van der Waals surface area contributed by atoms with E-state index < -0.39 is 10.0 Å². The molecule has 2 N–H and O–H groups in total. The lowest BCUT2D eigenvalue weighted by molar-refractivity contribution is 0.0714. The average molecular weight is 359 g/mol. The number of hydrogen-bond acceptors (Lipinski definition) is 6. The molecule has 2 heterocycles. The number of benzene rings is 1. The van der Waals surface area contributed by atoms with Crippen molar-refractivity contribution < 1.29 is 13.2 Å². The number of halogens is 1. The second-order valence-electron chi connectivity index (χ2n) is 5.53. The fourth-order valence-corrected chi connectivity index (χ4v) is 3.66. The number of hydrogen-bond donors (Lipinski definition) is 2. The molecule has 7 nitrogen and oxygen atoms in total. The Labute approximate surface area is 140 Å². The molecule has 23 heavy (non-hydrogen) atoms. The van der Waals surface area contributed by atoms with Crippen molar-refractivity contribution in [2.75, 3.05) is 26.5 Å². The molecular weight excluding hydrogens is 340 g/mol. The maximum Gasteiger partial charge on any atom is 0.264 e. The van der Waals surface area contributed by atoms with Gasteiger partial charge in [0.2, 0.25) is 5.96 Å².